The fraction of sp³-hybridized carbons (Fsp3) is 0.462. The first-order valence-corrected chi connectivity index (χ1v) is 5.21. The van der Waals surface area contributed by atoms with Crippen LogP contribution in [-0.2, 0) is 0 Å². The van der Waals surface area contributed by atoms with E-state index in [-0.39, 0.29) is 0 Å². The van der Waals surface area contributed by atoms with Crippen molar-refractivity contribution in [1.82, 2.24) is 0 Å². The lowest BCUT2D eigenvalue weighted by Gasteiger charge is -1.88. The molecule has 0 atom stereocenters. The van der Waals surface area contributed by atoms with E-state index in [0.717, 1.165) is 11.1 Å². The maximum atomic E-state index is 8.41. The van der Waals surface area contributed by atoms with Gasteiger partial charge in [-0.3, -0.25) is 0 Å². The van der Waals surface area contributed by atoms with Crippen LogP contribution >= 0.6 is 0 Å². The van der Waals surface area contributed by atoms with E-state index in [9.17, 15) is 0 Å². The third-order valence-corrected chi connectivity index (χ3v) is 1.85. The highest BCUT2D eigenvalue weighted by Crippen LogP contribution is 2.00. The van der Waals surface area contributed by atoms with Gasteiger partial charge in [-0.2, -0.15) is 5.26 Å². The Bertz CT molecular complexity index is 282. The lowest BCUT2D eigenvalue weighted by molar-refractivity contribution is 0.772. The first-order chi connectivity index (χ1) is 6.74. The highest BCUT2D eigenvalue weighted by Gasteiger charge is 1.86. The van der Waals surface area contributed by atoms with E-state index in [1.807, 2.05) is 25.1 Å². The van der Waals surface area contributed by atoms with Crippen molar-refractivity contribution >= 4 is 0 Å². The summed E-state index contributed by atoms with van der Waals surface area (Å²) < 4.78 is 0. The Kier molecular flexibility index (Phi) is 7.55. The SMILES string of the molecule is CCCCC.Cc1cccc(C#N)c1. The predicted molar refractivity (Wildman–Crippen MR) is 61.1 cm³/mol. The van der Waals surface area contributed by atoms with Crippen molar-refractivity contribution < 1.29 is 0 Å². The summed E-state index contributed by atoms with van der Waals surface area (Å²) in [5, 5.41) is 8.41. The first kappa shape index (κ1) is 12.7. The molecular weight excluding hydrogens is 170 g/mol. The van der Waals surface area contributed by atoms with Crippen LogP contribution in [0.2, 0.25) is 0 Å². The quantitative estimate of drug-likeness (QED) is 0.688. The van der Waals surface area contributed by atoms with Crippen LogP contribution in [0.5, 0.6) is 0 Å². The smallest absolute Gasteiger partial charge is 0.0991 e. The van der Waals surface area contributed by atoms with Gasteiger partial charge in [-0.15, -0.1) is 0 Å². The number of nitriles is 1. The number of hydrogen-bond acceptors (Lipinski definition) is 1. The van der Waals surface area contributed by atoms with Gasteiger partial charge in [-0.25, -0.2) is 0 Å². The zero-order chi connectivity index (χ0) is 10.8. The van der Waals surface area contributed by atoms with E-state index in [0.29, 0.717) is 0 Å². The van der Waals surface area contributed by atoms with Crippen LogP contribution in [0.3, 0.4) is 0 Å². The molecule has 14 heavy (non-hydrogen) atoms. The summed E-state index contributed by atoms with van der Waals surface area (Å²) >= 11 is 0. The number of aryl methyl sites for hydroxylation is 1. The maximum absolute atomic E-state index is 8.41. The highest BCUT2D eigenvalue weighted by atomic mass is 14.2. The Morgan fingerprint density at radius 3 is 2.14 bits per heavy atom. The Morgan fingerprint density at radius 2 is 1.86 bits per heavy atom. The second kappa shape index (κ2) is 8.31. The molecule has 0 fully saturated rings. The molecule has 0 aliphatic rings. The lowest BCUT2D eigenvalue weighted by Crippen LogP contribution is -1.73. The molecule has 0 saturated carbocycles. The second-order valence-corrected chi connectivity index (χ2v) is 3.33. The second-order valence-electron chi connectivity index (χ2n) is 3.33. The standard InChI is InChI=1S/C8H7N.C5H12/c1-7-3-2-4-8(5-7)6-9;1-3-5-4-2/h2-5H,1H3;3-5H2,1-2H3. The lowest BCUT2D eigenvalue weighted by atomic mass is 10.2. The third kappa shape index (κ3) is 6.25. The van der Waals surface area contributed by atoms with Crippen LogP contribution < -0.4 is 0 Å². The van der Waals surface area contributed by atoms with Crippen molar-refractivity contribution in [2.24, 2.45) is 0 Å². The van der Waals surface area contributed by atoms with Gasteiger partial charge in [0.05, 0.1) is 11.6 Å². The van der Waals surface area contributed by atoms with E-state index < -0.39 is 0 Å². The monoisotopic (exact) mass is 189 g/mol. The molecule has 0 unspecified atom stereocenters. The summed E-state index contributed by atoms with van der Waals surface area (Å²) in [6, 6.07) is 9.58. The predicted octanol–water partition coefficient (Wildman–Crippen LogP) is 4.06. The van der Waals surface area contributed by atoms with Gasteiger partial charge < -0.3 is 0 Å². The van der Waals surface area contributed by atoms with Gasteiger partial charge in [0.1, 0.15) is 0 Å². The van der Waals surface area contributed by atoms with E-state index in [1.54, 1.807) is 6.07 Å². The van der Waals surface area contributed by atoms with Crippen molar-refractivity contribution in [3.63, 3.8) is 0 Å². The molecule has 0 radical (unpaired) electrons. The molecule has 1 rings (SSSR count). The van der Waals surface area contributed by atoms with Crippen molar-refractivity contribution in [3.05, 3.63) is 35.4 Å². The summed E-state index contributed by atoms with van der Waals surface area (Å²) in [5.74, 6) is 0. The largest absolute Gasteiger partial charge is 0.192 e. The summed E-state index contributed by atoms with van der Waals surface area (Å²) in [7, 11) is 0. The molecule has 0 saturated heterocycles. The molecule has 76 valence electrons. The number of unbranched alkanes of at least 4 members (excludes halogenated alkanes) is 2. The van der Waals surface area contributed by atoms with Gasteiger partial charge in [0, 0.05) is 0 Å². The van der Waals surface area contributed by atoms with Crippen LogP contribution in [0.15, 0.2) is 24.3 Å². The van der Waals surface area contributed by atoms with Crippen LogP contribution in [-0.4, -0.2) is 0 Å². The third-order valence-electron chi connectivity index (χ3n) is 1.85. The van der Waals surface area contributed by atoms with E-state index in [2.05, 4.69) is 19.9 Å². The fourth-order valence-corrected chi connectivity index (χ4v) is 1.07. The molecule has 0 aliphatic carbocycles. The molecule has 1 nitrogen and oxygen atoms in total. The summed E-state index contributed by atoms with van der Waals surface area (Å²) in [4.78, 5) is 0. The summed E-state index contributed by atoms with van der Waals surface area (Å²) in [6.45, 7) is 6.40. The molecule has 1 aromatic carbocycles. The average Bonchev–Trinajstić information content (AvgIpc) is 2.20. The van der Waals surface area contributed by atoms with Gasteiger partial charge in [-0.05, 0) is 24.6 Å². The fourth-order valence-electron chi connectivity index (χ4n) is 1.07. The van der Waals surface area contributed by atoms with E-state index >= 15 is 0 Å². The molecule has 0 aromatic heterocycles. The molecular formula is C13H19N. The number of rotatable bonds is 2. The topological polar surface area (TPSA) is 23.8 Å². The first-order valence-electron chi connectivity index (χ1n) is 5.21. The van der Waals surface area contributed by atoms with Crippen molar-refractivity contribution in [2.45, 2.75) is 40.0 Å². The normalized spacial score (nSPS) is 8.43. The molecule has 0 heterocycles. The minimum Gasteiger partial charge on any atom is -0.192 e. The van der Waals surface area contributed by atoms with Gasteiger partial charge in [-0.1, -0.05) is 45.2 Å². The zero-order valence-electron chi connectivity index (χ0n) is 9.38. The number of hydrogen-bond donors (Lipinski definition) is 0. The Balaban J connectivity index is 0.000000292. The van der Waals surface area contributed by atoms with Crippen LogP contribution in [0.25, 0.3) is 0 Å². The zero-order valence-corrected chi connectivity index (χ0v) is 9.38. The molecule has 0 aliphatic heterocycles. The average molecular weight is 189 g/mol. The van der Waals surface area contributed by atoms with Crippen LogP contribution in [0.4, 0.5) is 0 Å². The minimum atomic E-state index is 0.731. The van der Waals surface area contributed by atoms with E-state index in [1.165, 1.54) is 19.3 Å². The van der Waals surface area contributed by atoms with Crippen molar-refractivity contribution in [2.75, 3.05) is 0 Å². The van der Waals surface area contributed by atoms with Crippen LogP contribution in [0.1, 0.15) is 44.2 Å². The van der Waals surface area contributed by atoms with Crippen molar-refractivity contribution in [1.29, 1.82) is 5.26 Å². The number of benzene rings is 1. The van der Waals surface area contributed by atoms with Gasteiger partial charge in [0.25, 0.3) is 0 Å². The van der Waals surface area contributed by atoms with Crippen molar-refractivity contribution in [3.8, 4) is 6.07 Å². The molecule has 0 N–H and O–H groups in total. The Labute approximate surface area is 87.4 Å². The molecule has 0 bridgehead atoms. The van der Waals surface area contributed by atoms with Crippen LogP contribution in [0, 0.1) is 18.3 Å². The molecule has 0 spiro atoms. The van der Waals surface area contributed by atoms with Gasteiger partial charge >= 0.3 is 0 Å². The molecule has 1 heteroatoms. The highest BCUT2D eigenvalue weighted by molar-refractivity contribution is 5.31. The Morgan fingerprint density at radius 1 is 1.21 bits per heavy atom. The minimum absolute atomic E-state index is 0.731. The summed E-state index contributed by atoms with van der Waals surface area (Å²) in [5.41, 5.74) is 1.86. The Hall–Kier alpha value is -1.29. The summed E-state index contributed by atoms with van der Waals surface area (Å²) in [6.07, 6.45) is 4.08. The van der Waals surface area contributed by atoms with Gasteiger partial charge in [0.15, 0.2) is 0 Å². The maximum Gasteiger partial charge on any atom is 0.0991 e. The van der Waals surface area contributed by atoms with Gasteiger partial charge in [0.2, 0.25) is 0 Å². The molecule has 0 amide bonds. The van der Waals surface area contributed by atoms with E-state index in [4.69, 9.17) is 5.26 Å². The number of nitrogens with zero attached hydrogens (tertiary/aromatic N) is 1. The molecule has 1 aromatic rings.